The summed E-state index contributed by atoms with van der Waals surface area (Å²) >= 11 is 0. The van der Waals surface area contributed by atoms with E-state index in [-0.39, 0.29) is 0 Å². The van der Waals surface area contributed by atoms with Crippen molar-refractivity contribution in [2.45, 2.75) is 0 Å². The van der Waals surface area contributed by atoms with E-state index in [1.807, 2.05) is 12.1 Å². The zero-order valence-electron chi connectivity index (χ0n) is 10.3. The third-order valence-electron chi connectivity index (χ3n) is 3.04. The molecule has 3 aromatic rings. The number of nitrogens with one attached hydrogen (secondary N) is 2. The monoisotopic (exact) mass is 272 g/mol. The highest BCUT2D eigenvalue weighted by Gasteiger charge is 2.16. The van der Waals surface area contributed by atoms with Crippen LogP contribution >= 0.6 is 0 Å². The summed E-state index contributed by atoms with van der Waals surface area (Å²) in [7, 11) is 0. The van der Waals surface area contributed by atoms with Gasteiger partial charge < -0.3 is 10.3 Å². The molecule has 2 aromatic carbocycles. The topological polar surface area (TPSA) is 44.9 Å². The fraction of sp³-hybridized carbons (Fsp3) is 0. The fourth-order valence-electron chi connectivity index (χ4n) is 2.06. The minimum atomic E-state index is -0.807. The number of rotatable bonds is 2. The Hall–Kier alpha value is -2.69. The molecule has 100 valence electrons. The number of H-pyrrole nitrogens is 1. The van der Waals surface area contributed by atoms with Gasteiger partial charge in [0.05, 0.1) is 5.56 Å². The SMILES string of the molecule is O=C(Nc1c(F)cccc1F)c1c[nH]c2ccccc12. The first-order valence-electron chi connectivity index (χ1n) is 5.98. The first-order valence-corrected chi connectivity index (χ1v) is 5.98. The average molecular weight is 272 g/mol. The number of para-hydroxylation sites is 2. The second kappa shape index (κ2) is 4.77. The number of fused-ring (bicyclic) bond motifs is 1. The second-order valence-electron chi connectivity index (χ2n) is 4.30. The van der Waals surface area contributed by atoms with Crippen molar-refractivity contribution >= 4 is 22.5 Å². The van der Waals surface area contributed by atoms with E-state index in [9.17, 15) is 13.6 Å². The minimum Gasteiger partial charge on any atom is -0.360 e. The van der Waals surface area contributed by atoms with Gasteiger partial charge in [-0.15, -0.1) is 0 Å². The Labute approximate surface area is 113 Å². The van der Waals surface area contributed by atoms with Gasteiger partial charge >= 0.3 is 0 Å². The normalized spacial score (nSPS) is 10.7. The number of aromatic amines is 1. The maximum Gasteiger partial charge on any atom is 0.257 e. The van der Waals surface area contributed by atoms with E-state index in [0.717, 1.165) is 17.6 Å². The Morgan fingerprint density at radius 3 is 2.45 bits per heavy atom. The lowest BCUT2D eigenvalue weighted by molar-refractivity contribution is 0.102. The lowest BCUT2D eigenvalue weighted by atomic mass is 10.1. The van der Waals surface area contributed by atoms with Gasteiger partial charge in [-0.2, -0.15) is 0 Å². The number of carbonyl (C=O) groups is 1. The maximum atomic E-state index is 13.5. The van der Waals surface area contributed by atoms with Crippen LogP contribution in [0.2, 0.25) is 0 Å². The molecule has 0 saturated heterocycles. The summed E-state index contributed by atoms with van der Waals surface area (Å²) in [5.74, 6) is -2.18. The molecule has 2 N–H and O–H groups in total. The van der Waals surface area contributed by atoms with Gasteiger partial charge in [0.2, 0.25) is 0 Å². The van der Waals surface area contributed by atoms with Crippen LogP contribution in [0.3, 0.4) is 0 Å². The van der Waals surface area contributed by atoms with E-state index < -0.39 is 23.2 Å². The van der Waals surface area contributed by atoms with Crippen LogP contribution < -0.4 is 5.32 Å². The Morgan fingerprint density at radius 2 is 1.70 bits per heavy atom. The molecule has 1 heterocycles. The van der Waals surface area contributed by atoms with Crippen LogP contribution in [-0.4, -0.2) is 10.9 Å². The van der Waals surface area contributed by atoms with Crippen molar-refractivity contribution in [3.05, 3.63) is 65.9 Å². The summed E-state index contributed by atoms with van der Waals surface area (Å²) in [5.41, 5.74) is 0.678. The van der Waals surface area contributed by atoms with Crippen LogP contribution in [0.1, 0.15) is 10.4 Å². The molecule has 0 atom stereocenters. The molecular weight excluding hydrogens is 262 g/mol. The smallest absolute Gasteiger partial charge is 0.257 e. The number of halogens is 2. The largest absolute Gasteiger partial charge is 0.360 e. The van der Waals surface area contributed by atoms with Crippen LogP contribution in [0.4, 0.5) is 14.5 Å². The van der Waals surface area contributed by atoms with Gasteiger partial charge in [0.1, 0.15) is 17.3 Å². The maximum absolute atomic E-state index is 13.5. The van der Waals surface area contributed by atoms with Crippen molar-refractivity contribution in [2.24, 2.45) is 0 Å². The molecule has 1 amide bonds. The molecule has 3 nitrogen and oxygen atoms in total. The molecule has 0 saturated carbocycles. The predicted octanol–water partition coefficient (Wildman–Crippen LogP) is 3.70. The number of benzene rings is 2. The zero-order chi connectivity index (χ0) is 14.1. The molecule has 0 unspecified atom stereocenters. The molecule has 0 spiro atoms. The molecule has 0 aliphatic heterocycles. The van der Waals surface area contributed by atoms with Gasteiger partial charge in [0.25, 0.3) is 5.91 Å². The van der Waals surface area contributed by atoms with E-state index in [1.165, 1.54) is 12.3 Å². The molecule has 20 heavy (non-hydrogen) atoms. The average Bonchev–Trinajstić information content (AvgIpc) is 2.87. The highest BCUT2D eigenvalue weighted by molar-refractivity contribution is 6.12. The Kier molecular flexibility index (Phi) is 2.95. The second-order valence-corrected chi connectivity index (χ2v) is 4.30. The summed E-state index contributed by atoms with van der Waals surface area (Å²) in [5, 5.41) is 2.96. The van der Waals surface area contributed by atoms with Crippen LogP contribution in [0, 0.1) is 11.6 Å². The Bertz CT molecular complexity index is 775. The highest BCUT2D eigenvalue weighted by Crippen LogP contribution is 2.22. The lowest BCUT2D eigenvalue weighted by Gasteiger charge is -2.06. The summed E-state index contributed by atoms with van der Waals surface area (Å²) < 4.78 is 27.0. The van der Waals surface area contributed by atoms with Crippen LogP contribution in [-0.2, 0) is 0 Å². The van der Waals surface area contributed by atoms with Crippen LogP contribution in [0.5, 0.6) is 0 Å². The van der Waals surface area contributed by atoms with Crippen molar-refractivity contribution in [3.63, 3.8) is 0 Å². The third kappa shape index (κ3) is 2.03. The number of hydrogen-bond acceptors (Lipinski definition) is 1. The highest BCUT2D eigenvalue weighted by atomic mass is 19.1. The number of anilines is 1. The molecule has 0 radical (unpaired) electrons. The van der Waals surface area contributed by atoms with E-state index in [1.54, 1.807) is 12.1 Å². The van der Waals surface area contributed by atoms with E-state index in [4.69, 9.17) is 0 Å². The minimum absolute atomic E-state index is 0.336. The lowest BCUT2D eigenvalue weighted by Crippen LogP contribution is -2.13. The molecule has 0 fully saturated rings. The molecule has 0 bridgehead atoms. The summed E-state index contributed by atoms with van der Waals surface area (Å²) in [6.07, 6.45) is 1.51. The molecule has 1 aromatic heterocycles. The van der Waals surface area contributed by atoms with E-state index in [0.29, 0.717) is 10.9 Å². The third-order valence-corrected chi connectivity index (χ3v) is 3.04. The summed E-state index contributed by atoms with van der Waals surface area (Å²) in [6.45, 7) is 0. The van der Waals surface area contributed by atoms with Gasteiger partial charge in [-0.1, -0.05) is 24.3 Å². The van der Waals surface area contributed by atoms with E-state index in [2.05, 4.69) is 10.3 Å². The summed E-state index contributed by atoms with van der Waals surface area (Å²) in [4.78, 5) is 15.1. The number of aromatic nitrogens is 1. The first-order chi connectivity index (χ1) is 9.66. The van der Waals surface area contributed by atoms with Crippen molar-refractivity contribution in [3.8, 4) is 0 Å². The number of hydrogen-bond donors (Lipinski definition) is 2. The fourth-order valence-corrected chi connectivity index (χ4v) is 2.06. The van der Waals surface area contributed by atoms with Crippen molar-refractivity contribution < 1.29 is 13.6 Å². The Balaban J connectivity index is 1.98. The van der Waals surface area contributed by atoms with Crippen molar-refractivity contribution in [2.75, 3.05) is 5.32 Å². The number of carbonyl (C=O) groups excluding carboxylic acids is 1. The molecule has 0 aliphatic rings. The van der Waals surface area contributed by atoms with Gasteiger partial charge in [-0.3, -0.25) is 4.79 Å². The van der Waals surface area contributed by atoms with Crippen LogP contribution in [0.25, 0.3) is 10.9 Å². The van der Waals surface area contributed by atoms with Crippen molar-refractivity contribution in [1.82, 2.24) is 4.98 Å². The van der Waals surface area contributed by atoms with Crippen LogP contribution in [0.15, 0.2) is 48.7 Å². The first kappa shape index (κ1) is 12.3. The predicted molar refractivity (Wildman–Crippen MR) is 72.6 cm³/mol. The standard InChI is InChI=1S/C15H10F2N2O/c16-11-5-3-6-12(17)14(11)19-15(20)10-8-18-13-7-2-1-4-9(10)13/h1-8,18H,(H,19,20). The summed E-state index contributed by atoms with van der Waals surface area (Å²) in [6, 6.07) is 10.6. The molecule has 3 rings (SSSR count). The van der Waals surface area contributed by atoms with Gasteiger partial charge in [-0.25, -0.2) is 8.78 Å². The quantitative estimate of drug-likeness (QED) is 0.734. The van der Waals surface area contributed by atoms with Gasteiger partial charge in [0, 0.05) is 17.1 Å². The zero-order valence-corrected chi connectivity index (χ0v) is 10.3. The molecule has 0 aliphatic carbocycles. The Morgan fingerprint density at radius 1 is 1.00 bits per heavy atom. The van der Waals surface area contributed by atoms with Gasteiger partial charge in [-0.05, 0) is 18.2 Å². The van der Waals surface area contributed by atoms with Crippen molar-refractivity contribution in [1.29, 1.82) is 0 Å². The number of amides is 1. The molecular formula is C15H10F2N2O. The van der Waals surface area contributed by atoms with Gasteiger partial charge in [0.15, 0.2) is 0 Å². The van der Waals surface area contributed by atoms with E-state index >= 15 is 0 Å². The molecule has 5 heteroatoms.